The third kappa shape index (κ3) is 4.13. The number of carbonyl (C=O) groups excluding carboxylic acids is 1. The maximum Gasteiger partial charge on any atom is 0.251 e. The summed E-state index contributed by atoms with van der Waals surface area (Å²) < 4.78 is 0. The molecular formula is C15H22N2O3. The zero-order chi connectivity index (χ0) is 14.5. The van der Waals surface area contributed by atoms with Crippen molar-refractivity contribution in [3.63, 3.8) is 0 Å². The first-order chi connectivity index (χ1) is 9.54. The molecule has 1 saturated heterocycles. The summed E-state index contributed by atoms with van der Waals surface area (Å²) in [5.41, 5.74) is 0.271. The van der Waals surface area contributed by atoms with Gasteiger partial charge in [0.2, 0.25) is 0 Å². The van der Waals surface area contributed by atoms with E-state index >= 15 is 0 Å². The number of nitrogens with zero attached hydrogens (tertiary/aromatic N) is 1. The van der Waals surface area contributed by atoms with Gasteiger partial charge < -0.3 is 20.4 Å². The van der Waals surface area contributed by atoms with Crippen molar-refractivity contribution in [3.8, 4) is 11.5 Å². The summed E-state index contributed by atoms with van der Waals surface area (Å²) in [7, 11) is 0. The second kappa shape index (κ2) is 6.61. The Labute approximate surface area is 119 Å². The summed E-state index contributed by atoms with van der Waals surface area (Å²) in [6, 6.07) is 3.93. The van der Waals surface area contributed by atoms with E-state index in [1.54, 1.807) is 0 Å². The quantitative estimate of drug-likeness (QED) is 0.784. The lowest BCUT2D eigenvalue weighted by Gasteiger charge is -2.29. The number of rotatable bonds is 4. The zero-order valence-electron chi connectivity index (χ0n) is 11.8. The van der Waals surface area contributed by atoms with Crippen LogP contribution in [0.2, 0.25) is 0 Å². The van der Waals surface area contributed by atoms with Crippen LogP contribution in [0.1, 0.15) is 36.5 Å². The highest BCUT2D eigenvalue weighted by atomic mass is 16.3. The minimum absolute atomic E-state index is 0.0325. The van der Waals surface area contributed by atoms with Gasteiger partial charge in [0, 0.05) is 24.2 Å². The molecular weight excluding hydrogens is 256 g/mol. The normalized spacial score (nSPS) is 17.6. The number of benzene rings is 1. The summed E-state index contributed by atoms with van der Waals surface area (Å²) in [4.78, 5) is 14.4. The molecule has 5 heteroatoms. The SMILES string of the molecule is CC(CN1CCCCC1)NC(=O)c1cc(O)cc(O)c1. The first-order valence-electron chi connectivity index (χ1n) is 7.11. The second-order valence-electron chi connectivity index (χ2n) is 5.47. The third-order valence-electron chi connectivity index (χ3n) is 3.52. The molecule has 1 aliphatic rings. The maximum absolute atomic E-state index is 12.0. The first kappa shape index (κ1) is 14.7. The number of aromatic hydroxyl groups is 2. The molecule has 0 aromatic heterocycles. The molecule has 3 N–H and O–H groups in total. The number of nitrogens with one attached hydrogen (secondary N) is 1. The molecule has 5 nitrogen and oxygen atoms in total. The molecule has 1 aromatic carbocycles. The van der Waals surface area contributed by atoms with Crippen molar-refractivity contribution in [3.05, 3.63) is 23.8 Å². The van der Waals surface area contributed by atoms with E-state index in [0.29, 0.717) is 0 Å². The van der Waals surface area contributed by atoms with Crippen molar-refractivity contribution in [2.75, 3.05) is 19.6 Å². The highest BCUT2D eigenvalue weighted by Gasteiger charge is 2.16. The van der Waals surface area contributed by atoms with Gasteiger partial charge in [-0.1, -0.05) is 6.42 Å². The molecule has 110 valence electrons. The Morgan fingerprint density at radius 1 is 1.20 bits per heavy atom. The third-order valence-corrected chi connectivity index (χ3v) is 3.52. The Hall–Kier alpha value is -1.75. The molecule has 0 spiro atoms. The van der Waals surface area contributed by atoms with E-state index in [4.69, 9.17) is 0 Å². The summed E-state index contributed by atoms with van der Waals surface area (Å²) in [6.07, 6.45) is 3.74. The fourth-order valence-electron chi connectivity index (χ4n) is 2.61. The number of hydrogen-bond donors (Lipinski definition) is 3. The summed E-state index contributed by atoms with van der Waals surface area (Å²) in [6.45, 7) is 4.98. The van der Waals surface area contributed by atoms with Crippen LogP contribution in [0.5, 0.6) is 11.5 Å². The van der Waals surface area contributed by atoms with Gasteiger partial charge in [0.05, 0.1) is 0 Å². The summed E-state index contributed by atoms with van der Waals surface area (Å²) in [5.74, 6) is -0.502. The summed E-state index contributed by atoms with van der Waals surface area (Å²) in [5, 5.41) is 21.7. The average Bonchev–Trinajstić information content (AvgIpc) is 2.38. The molecule has 1 atom stereocenters. The van der Waals surface area contributed by atoms with Crippen molar-refractivity contribution in [2.45, 2.75) is 32.2 Å². The highest BCUT2D eigenvalue weighted by molar-refractivity contribution is 5.95. The maximum atomic E-state index is 12.0. The topological polar surface area (TPSA) is 72.8 Å². The van der Waals surface area contributed by atoms with Gasteiger partial charge in [-0.25, -0.2) is 0 Å². The van der Waals surface area contributed by atoms with Crippen LogP contribution in [0.4, 0.5) is 0 Å². The largest absolute Gasteiger partial charge is 0.508 e. The van der Waals surface area contributed by atoms with E-state index in [1.165, 1.54) is 37.5 Å². The molecule has 0 saturated carbocycles. The van der Waals surface area contributed by atoms with Crippen LogP contribution in [0.15, 0.2) is 18.2 Å². The molecule has 20 heavy (non-hydrogen) atoms. The minimum atomic E-state index is -0.277. The monoisotopic (exact) mass is 278 g/mol. The van der Waals surface area contributed by atoms with Crippen LogP contribution >= 0.6 is 0 Å². The summed E-state index contributed by atoms with van der Waals surface area (Å²) >= 11 is 0. The van der Waals surface area contributed by atoms with Gasteiger partial charge in [-0.05, 0) is 45.0 Å². The van der Waals surface area contributed by atoms with Crippen LogP contribution in [-0.2, 0) is 0 Å². The molecule has 1 aliphatic heterocycles. The van der Waals surface area contributed by atoms with Crippen molar-refractivity contribution < 1.29 is 15.0 Å². The molecule has 1 amide bonds. The molecule has 1 heterocycles. The van der Waals surface area contributed by atoms with E-state index in [0.717, 1.165) is 19.6 Å². The van der Waals surface area contributed by atoms with E-state index in [2.05, 4.69) is 10.2 Å². The fourth-order valence-corrected chi connectivity index (χ4v) is 2.61. The standard InChI is InChI=1S/C15H22N2O3/c1-11(10-17-5-3-2-4-6-17)16-15(20)12-7-13(18)9-14(19)8-12/h7-9,11,18-19H,2-6,10H2,1H3,(H,16,20). The van der Waals surface area contributed by atoms with Crippen LogP contribution < -0.4 is 5.32 Å². The number of phenolic OH excluding ortho intramolecular Hbond substituents is 2. The van der Waals surface area contributed by atoms with Gasteiger partial charge in [-0.3, -0.25) is 4.79 Å². The van der Waals surface area contributed by atoms with Gasteiger partial charge in [0.25, 0.3) is 5.91 Å². The van der Waals surface area contributed by atoms with Crippen molar-refractivity contribution in [1.82, 2.24) is 10.2 Å². The van der Waals surface area contributed by atoms with Gasteiger partial charge in [0.15, 0.2) is 0 Å². The number of amides is 1. The van der Waals surface area contributed by atoms with Crippen molar-refractivity contribution in [2.24, 2.45) is 0 Å². The van der Waals surface area contributed by atoms with Gasteiger partial charge in [0.1, 0.15) is 11.5 Å². The van der Waals surface area contributed by atoms with Gasteiger partial charge in [-0.15, -0.1) is 0 Å². The Morgan fingerprint density at radius 3 is 2.40 bits per heavy atom. The lowest BCUT2D eigenvalue weighted by molar-refractivity contribution is 0.0925. The Bertz CT molecular complexity index is 450. The van der Waals surface area contributed by atoms with Gasteiger partial charge in [-0.2, -0.15) is 0 Å². The Balaban J connectivity index is 1.89. The number of piperidine rings is 1. The molecule has 1 aromatic rings. The number of likely N-dealkylation sites (tertiary alicyclic amines) is 1. The number of carbonyl (C=O) groups is 1. The lowest BCUT2D eigenvalue weighted by Crippen LogP contribution is -2.43. The van der Waals surface area contributed by atoms with Crippen LogP contribution in [0, 0.1) is 0 Å². The van der Waals surface area contributed by atoms with Crippen LogP contribution in [0.3, 0.4) is 0 Å². The predicted octanol–water partition coefficient (Wildman–Crippen LogP) is 1.70. The van der Waals surface area contributed by atoms with E-state index in [9.17, 15) is 15.0 Å². The van der Waals surface area contributed by atoms with Crippen LogP contribution in [-0.4, -0.2) is 46.7 Å². The predicted molar refractivity (Wildman–Crippen MR) is 77.0 cm³/mol. The van der Waals surface area contributed by atoms with E-state index < -0.39 is 0 Å². The zero-order valence-corrected chi connectivity index (χ0v) is 11.8. The van der Waals surface area contributed by atoms with E-state index in [-0.39, 0.29) is 29.0 Å². The number of hydrogen-bond acceptors (Lipinski definition) is 4. The average molecular weight is 278 g/mol. The minimum Gasteiger partial charge on any atom is -0.508 e. The highest BCUT2D eigenvalue weighted by Crippen LogP contribution is 2.20. The second-order valence-corrected chi connectivity index (χ2v) is 5.47. The lowest BCUT2D eigenvalue weighted by atomic mass is 10.1. The fraction of sp³-hybridized carbons (Fsp3) is 0.533. The van der Waals surface area contributed by atoms with Crippen LogP contribution in [0.25, 0.3) is 0 Å². The van der Waals surface area contributed by atoms with Crippen molar-refractivity contribution in [1.29, 1.82) is 0 Å². The van der Waals surface area contributed by atoms with E-state index in [1.807, 2.05) is 6.92 Å². The smallest absolute Gasteiger partial charge is 0.251 e. The molecule has 1 unspecified atom stereocenters. The molecule has 0 aliphatic carbocycles. The molecule has 0 radical (unpaired) electrons. The first-order valence-corrected chi connectivity index (χ1v) is 7.11. The van der Waals surface area contributed by atoms with Gasteiger partial charge >= 0.3 is 0 Å². The Kier molecular flexibility index (Phi) is 4.84. The number of phenols is 2. The molecule has 2 rings (SSSR count). The Morgan fingerprint density at radius 2 is 1.80 bits per heavy atom. The molecule has 0 bridgehead atoms. The van der Waals surface area contributed by atoms with Crippen molar-refractivity contribution >= 4 is 5.91 Å². The molecule has 1 fully saturated rings.